The Balaban J connectivity index is 1.89. The first-order chi connectivity index (χ1) is 8.93. The smallest absolute Gasteiger partial charge is 0.159 e. The number of hydrogen-bond donors (Lipinski definition) is 1. The highest BCUT2D eigenvalue weighted by atomic mass is 16.5. The zero-order valence-corrected chi connectivity index (χ0v) is 9.91. The monoisotopic (exact) mass is 242 g/mol. The third-order valence-electron chi connectivity index (χ3n) is 2.87. The summed E-state index contributed by atoms with van der Waals surface area (Å²) in [4.78, 5) is 12.9. The van der Waals surface area contributed by atoms with Crippen molar-refractivity contribution >= 4 is 0 Å². The molecule has 0 amide bonds. The third-order valence-corrected chi connectivity index (χ3v) is 2.87. The summed E-state index contributed by atoms with van der Waals surface area (Å²) in [5, 5.41) is 3.28. The van der Waals surface area contributed by atoms with Gasteiger partial charge in [0.05, 0.1) is 12.3 Å². The van der Waals surface area contributed by atoms with Crippen molar-refractivity contribution in [3.8, 4) is 11.3 Å². The fourth-order valence-electron chi connectivity index (χ4n) is 1.94. The molecule has 0 aliphatic carbocycles. The molecule has 1 N–H and O–H groups in total. The highest BCUT2D eigenvalue weighted by molar-refractivity contribution is 5.57. The maximum Gasteiger partial charge on any atom is 0.159 e. The van der Waals surface area contributed by atoms with Gasteiger partial charge in [0.2, 0.25) is 0 Å². The van der Waals surface area contributed by atoms with E-state index >= 15 is 0 Å². The standard InChI is InChI=1S/C13H14N4O/c1-4-14-5-2-10(1)11-3-6-16-13(17-11)12-9-15-7-8-18-12/h1-6,12,15H,7-9H2. The molecule has 92 valence electrons. The molecular weight excluding hydrogens is 228 g/mol. The van der Waals surface area contributed by atoms with Crippen LogP contribution in [0.15, 0.2) is 36.8 Å². The number of ether oxygens (including phenoxy) is 1. The minimum atomic E-state index is -0.0551. The predicted molar refractivity (Wildman–Crippen MR) is 66.8 cm³/mol. The zero-order valence-electron chi connectivity index (χ0n) is 9.91. The van der Waals surface area contributed by atoms with Crippen molar-refractivity contribution in [1.29, 1.82) is 0 Å². The molecule has 0 bridgehead atoms. The quantitative estimate of drug-likeness (QED) is 0.857. The van der Waals surface area contributed by atoms with E-state index in [-0.39, 0.29) is 6.10 Å². The van der Waals surface area contributed by atoms with Gasteiger partial charge in [0, 0.05) is 37.2 Å². The molecule has 5 nitrogen and oxygen atoms in total. The summed E-state index contributed by atoms with van der Waals surface area (Å²) in [6.45, 7) is 2.36. The first-order valence-corrected chi connectivity index (χ1v) is 5.99. The lowest BCUT2D eigenvalue weighted by atomic mass is 10.2. The summed E-state index contributed by atoms with van der Waals surface area (Å²) in [5.41, 5.74) is 1.94. The van der Waals surface area contributed by atoms with Gasteiger partial charge in [0.15, 0.2) is 5.82 Å². The van der Waals surface area contributed by atoms with Gasteiger partial charge in [-0.15, -0.1) is 0 Å². The van der Waals surface area contributed by atoms with Crippen LogP contribution in [-0.4, -0.2) is 34.6 Å². The number of morpholine rings is 1. The van der Waals surface area contributed by atoms with Gasteiger partial charge < -0.3 is 10.1 Å². The molecule has 0 aromatic carbocycles. The van der Waals surface area contributed by atoms with E-state index in [9.17, 15) is 0 Å². The lowest BCUT2D eigenvalue weighted by Gasteiger charge is -2.22. The zero-order chi connectivity index (χ0) is 12.2. The van der Waals surface area contributed by atoms with Crippen molar-refractivity contribution in [2.45, 2.75) is 6.10 Å². The summed E-state index contributed by atoms with van der Waals surface area (Å²) in [7, 11) is 0. The molecule has 1 aliphatic heterocycles. The van der Waals surface area contributed by atoms with Gasteiger partial charge in [0.25, 0.3) is 0 Å². The predicted octanol–water partition coefficient (Wildman–Crippen LogP) is 1.20. The number of pyridine rings is 1. The molecule has 1 aliphatic rings. The average molecular weight is 242 g/mol. The van der Waals surface area contributed by atoms with Crippen molar-refractivity contribution in [2.75, 3.05) is 19.7 Å². The van der Waals surface area contributed by atoms with Crippen LogP contribution in [0.3, 0.4) is 0 Å². The molecule has 3 rings (SSSR count). The molecule has 3 heterocycles. The van der Waals surface area contributed by atoms with Crippen molar-refractivity contribution in [3.05, 3.63) is 42.6 Å². The van der Waals surface area contributed by atoms with Crippen LogP contribution in [0.5, 0.6) is 0 Å². The normalized spacial score (nSPS) is 19.7. The lowest BCUT2D eigenvalue weighted by Crippen LogP contribution is -2.34. The second-order valence-corrected chi connectivity index (χ2v) is 4.10. The average Bonchev–Trinajstić information content (AvgIpc) is 2.49. The van der Waals surface area contributed by atoms with Crippen LogP contribution in [-0.2, 0) is 4.74 Å². The Bertz CT molecular complexity index is 511. The van der Waals surface area contributed by atoms with E-state index in [1.165, 1.54) is 0 Å². The Hall–Kier alpha value is -1.85. The largest absolute Gasteiger partial charge is 0.368 e. The summed E-state index contributed by atoms with van der Waals surface area (Å²) in [5.74, 6) is 0.733. The van der Waals surface area contributed by atoms with Crippen LogP contribution in [0.2, 0.25) is 0 Å². The van der Waals surface area contributed by atoms with E-state index in [4.69, 9.17) is 4.74 Å². The van der Waals surface area contributed by atoms with Gasteiger partial charge in [-0.25, -0.2) is 9.97 Å². The third kappa shape index (κ3) is 2.37. The second kappa shape index (κ2) is 5.20. The second-order valence-electron chi connectivity index (χ2n) is 4.10. The molecule has 0 radical (unpaired) electrons. The molecule has 18 heavy (non-hydrogen) atoms. The van der Waals surface area contributed by atoms with E-state index < -0.39 is 0 Å². The Morgan fingerprint density at radius 1 is 1.17 bits per heavy atom. The Morgan fingerprint density at radius 2 is 2.06 bits per heavy atom. The topological polar surface area (TPSA) is 59.9 Å². The van der Waals surface area contributed by atoms with Crippen molar-refractivity contribution < 1.29 is 4.74 Å². The Kier molecular flexibility index (Phi) is 3.25. The summed E-state index contributed by atoms with van der Waals surface area (Å²) in [6.07, 6.45) is 5.24. The van der Waals surface area contributed by atoms with Crippen LogP contribution in [0.1, 0.15) is 11.9 Å². The van der Waals surface area contributed by atoms with Crippen LogP contribution in [0, 0.1) is 0 Å². The van der Waals surface area contributed by atoms with Gasteiger partial charge in [-0.05, 0) is 18.2 Å². The minimum absolute atomic E-state index is 0.0551. The number of nitrogens with one attached hydrogen (secondary N) is 1. The van der Waals surface area contributed by atoms with E-state index in [0.717, 1.165) is 30.2 Å². The van der Waals surface area contributed by atoms with Gasteiger partial charge in [0.1, 0.15) is 6.10 Å². The van der Waals surface area contributed by atoms with E-state index in [1.807, 2.05) is 18.2 Å². The van der Waals surface area contributed by atoms with Gasteiger partial charge in [-0.2, -0.15) is 0 Å². The molecule has 2 aromatic rings. The number of aromatic nitrogens is 3. The van der Waals surface area contributed by atoms with E-state index in [2.05, 4.69) is 20.3 Å². The molecular formula is C13H14N4O. The maximum atomic E-state index is 5.66. The van der Waals surface area contributed by atoms with Gasteiger partial charge >= 0.3 is 0 Å². The van der Waals surface area contributed by atoms with Crippen molar-refractivity contribution in [2.24, 2.45) is 0 Å². The van der Waals surface area contributed by atoms with Crippen molar-refractivity contribution in [3.63, 3.8) is 0 Å². The highest BCUT2D eigenvalue weighted by Crippen LogP contribution is 2.19. The first-order valence-electron chi connectivity index (χ1n) is 5.99. The Morgan fingerprint density at radius 3 is 2.83 bits per heavy atom. The van der Waals surface area contributed by atoms with Crippen molar-refractivity contribution in [1.82, 2.24) is 20.3 Å². The molecule has 0 saturated carbocycles. The molecule has 2 aromatic heterocycles. The summed E-state index contributed by atoms with van der Waals surface area (Å²) < 4.78 is 5.66. The van der Waals surface area contributed by atoms with Crippen LogP contribution in [0.4, 0.5) is 0 Å². The highest BCUT2D eigenvalue weighted by Gasteiger charge is 2.18. The van der Waals surface area contributed by atoms with Gasteiger partial charge in [-0.1, -0.05) is 0 Å². The number of hydrogen-bond acceptors (Lipinski definition) is 5. The number of nitrogens with zero attached hydrogens (tertiary/aromatic N) is 3. The summed E-state index contributed by atoms with van der Waals surface area (Å²) >= 11 is 0. The Labute approximate surface area is 105 Å². The maximum absolute atomic E-state index is 5.66. The SMILES string of the molecule is c1cc(-c2ccnc(C3CNCCO3)n2)ccn1. The molecule has 0 spiro atoms. The van der Waals surface area contributed by atoms with E-state index in [1.54, 1.807) is 18.6 Å². The molecule has 1 unspecified atom stereocenters. The fourth-order valence-corrected chi connectivity index (χ4v) is 1.94. The molecule has 1 atom stereocenters. The molecule has 5 heteroatoms. The number of rotatable bonds is 2. The van der Waals surface area contributed by atoms with Crippen LogP contribution >= 0.6 is 0 Å². The van der Waals surface area contributed by atoms with Crippen LogP contribution in [0.25, 0.3) is 11.3 Å². The molecule has 1 saturated heterocycles. The summed E-state index contributed by atoms with van der Waals surface area (Å²) in [6, 6.07) is 5.77. The van der Waals surface area contributed by atoms with Gasteiger partial charge in [-0.3, -0.25) is 4.98 Å². The minimum Gasteiger partial charge on any atom is -0.368 e. The lowest BCUT2D eigenvalue weighted by molar-refractivity contribution is 0.0222. The van der Waals surface area contributed by atoms with E-state index in [0.29, 0.717) is 6.61 Å². The first kappa shape index (κ1) is 11.3. The van der Waals surface area contributed by atoms with Crippen LogP contribution < -0.4 is 5.32 Å². The fraction of sp³-hybridized carbons (Fsp3) is 0.308. The molecule has 1 fully saturated rings.